The highest BCUT2D eigenvalue weighted by atomic mass is 16.5. The highest BCUT2D eigenvalue weighted by Crippen LogP contribution is 2.38. The number of aromatic nitrogens is 1. The Labute approximate surface area is 134 Å². The van der Waals surface area contributed by atoms with Crippen LogP contribution in [0.1, 0.15) is 11.1 Å². The largest absolute Gasteiger partial charge is 0.497 e. The van der Waals surface area contributed by atoms with Gasteiger partial charge < -0.3 is 4.74 Å². The Balaban J connectivity index is 2.36. The summed E-state index contributed by atoms with van der Waals surface area (Å²) in [6, 6.07) is 9.59. The first-order valence-corrected chi connectivity index (χ1v) is 7.23. The summed E-state index contributed by atoms with van der Waals surface area (Å²) >= 11 is 0. The fourth-order valence-corrected chi connectivity index (χ4v) is 2.86. The molecule has 0 unspecified atom stereocenters. The molecule has 2 aromatic carbocycles. The molecule has 0 N–H and O–H groups in total. The molecule has 0 aliphatic carbocycles. The second-order valence-corrected chi connectivity index (χ2v) is 5.36. The molecular formula is C18H16N4O. The minimum atomic E-state index is 0.582. The van der Waals surface area contributed by atoms with Gasteiger partial charge in [-0.15, -0.1) is 0 Å². The molecule has 0 bridgehead atoms. The molecule has 5 heteroatoms. The van der Waals surface area contributed by atoms with Crippen LogP contribution < -0.4 is 4.74 Å². The minimum absolute atomic E-state index is 0.582. The van der Waals surface area contributed by atoms with Crippen LogP contribution in [0, 0.1) is 13.8 Å². The van der Waals surface area contributed by atoms with Crippen molar-refractivity contribution < 1.29 is 4.74 Å². The van der Waals surface area contributed by atoms with Gasteiger partial charge >= 0.3 is 0 Å². The van der Waals surface area contributed by atoms with E-state index < -0.39 is 0 Å². The number of hydrogen-bond acceptors (Lipinski definition) is 3. The molecule has 0 aliphatic heterocycles. The number of hydrogen-bond donors (Lipinski definition) is 0. The van der Waals surface area contributed by atoms with Crippen LogP contribution in [0.25, 0.3) is 32.3 Å². The highest BCUT2D eigenvalue weighted by Gasteiger charge is 2.12. The van der Waals surface area contributed by atoms with E-state index in [1.165, 1.54) is 5.39 Å². The normalized spacial score (nSPS) is 10.4. The summed E-state index contributed by atoms with van der Waals surface area (Å²) in [5.41, 5.74) is 13.5. The third-order valence-corrected chi connectivity index (χ3v) is 4.06. The molecule has 0 fully saturated rings. The average Bonchev–Trinajstić information content (AvgIpc) is 2.59. The van der Waals surface area contributed by atoms with Crippen LogP contribution in [-0.4, -0.2) is 12.1 Å². The number of azide groups is 1. The van der Waals surface area contributed by atoms with E-state index in [-0.39, 0.29) is 0 Å². The monoisotopic (exact) mass is 304 g/mol. The summed E-state index contributed by atoms with van der Waals surface area (Å²) in [5.74, 6) is 0.722. The van der Waals surface area contributed by atoms with Crippen molar-refractivity contribution in [1.29, 1.82) is 0 Å². The van der Waals surface area contributed by atoms with E-state index >= 15 is 0 Å². The Kier molecular flexibility index (Phi) is 3.87. The predicted molar refractivity (Wildman–Crippen MR) is 92.0 cm³/mol. The Hall–Kier alpha value is -3.04. The molecule has 0 radical (unpaired) electrons. The minimum Gasteiger partial charge on any atom is -0.497 e. The van der Waals surface area contributed by atoms with Gasteiger partial charge in [0.15, 0.2) is 0 Å². The van der Waals surface area contributed by atoms with Crippen molar-refractivity contribution >= 4 is 16.5 Å². The number of methoxy groups -OCH3 is 1. The van der Waals surface area contributed by atoms with Crippen LogP contribution in [0.2, 0.25) is 0 Å². The molecule has 1 aromatic heterocycles. The summed E-state index contributed by atoms with van der Waals surface area (Å²) < 4.78 is 5.32. The maximum absolute atomic E-state index is 8.83. The zero-order valence-electron chi connectivity index (χ0n) is 13.2. The lowest BCUT2D eigenvalue weighted by Gasteiger charge is -2.15. The van der Waals surface area contributed by atoms with Gasteiger partial charge in [0, 0.05) is 28.4 Å². The van der Waals surface area contributed by atoms with Crippen LogP contribution in [0.5, 0.6) is 5.75 Å². The molecule has 0 amide bonds. The van der Waals surface area contributed by atoms with Gasteiger partial charge in [-0.1, -0.05) is 11.2 Å². The lowest BCUT2D eigenvalue weighted by atomic mass is 9.92. The zero-order chi connectivity index (χ0) is 16.4. The first-order valence-electron chi connectivity index (χ1n) is 7.23. The number of pyridine rings is 1. The number of ether oxygens (including phenoxy) is 1. The van der Waals surface area contributed by atoms with Crippen molar-refractivity contribution in [2.45, 2.75) is 13.8 Å². The topological polar surface area (TPSA) is 70.9 Å². The zero-order valence-corrected chi connectivity index (χ0v) is 13.2. The Morgan fingerprint density at radius 3 is 2.65 bits per heavy atom. The number of rotatable bonds is 3. The lowest BCUT2D eigenvalue weighted by Crippen LogP contribution is -1.91. The smallest absolute Gasteiger partial charge is 0.119 e. The number of aryl methyl sites for hydroxylation is 2. The summed E-state index contributed by atoms with van der Waals surface area (Å²) in [4.78, 5) is 7.17. The Morgan fingerprint density at radius 2 is 1.91 bits per heavy atom. The summed E-state index contributed by atoms with van der Waals surface area (Å²) in [5, 5.41) is 6.09. The van der Waals surface area contributed by atoms with Crippen LogP contribution in [0.15, 0.2) is 47.8 Å². The molecule has 0 saturated heterocycles. The third kappa shape index (κ3) is 2.58. The number of benzene rings is 2. The molecular weight excluding hydrogens is 288 g/mol. The predicted octanol–water partition coefficient (Wildman–Crippen LogP) is 5.47. The van der Waals surface area contributed by atoms with Gasteiger partial charge in [-0.3, -0.25) is 4.98 Å². The molecule has 0 saturated carbocycles. The van der Waals surface area contributed by atoms with E-state index in [9.17, 15) is 0 Å². The molecule has 0 aliphatic rings. The second kappa shape index (κ2) is 5.99. The average molecular weight is 304 g/mol. The molecule has 0 atom stereocenters. The van der Waals surface area contributed by atoms with Gasteiger partial charge in [0.2, 0.25) is 0 Å². The van der Waals surface area contributed by atoms with Gasteiger partial charge in [0.25, 0.3) is 0 Å². The van der Waals surface area contributed by atoms with Gasteiger partial charge in [0.05, 0.1) is 7.11 Å². The van der Waals surface area contributed by atoms with Crippen molar-refractivity contribution in [3.63, 3.8) is 0 Å². The molecule has 3 rings (SSSR count). The van der Waals surface area contributed by atoms with E-state index in [1.807, 2.05) is 18.3 Å². The van der Waals surface area contributed by atoms with E-state index in [4.69, 9.17) is 10.3 Å². The van der Waals surface area contributed by atoms with Crippen molar-refractivity contribution in [2.24, 2.45) is 5.11 Å². The van der Waals surface area contributed by atoms with Gasteiger partial charge in [-0.25, -0.2) is 0 Å². The van der Waals surface area contributed by atoms with Crippen molar-refractivity contribution in [1.82, 2.24) is 4.98 Å². The van der Waals surface area contributed by atoms with Crippen LogP contribution in [-0.2, 0) is 0 Å². The first kappa shape index (κ1) is 14.9. The molecule has 114 valence electrons. The van der Waals surface area contributed by atoms with Crippen molar-refractivity contribution in [2.75, 3.05) is 7.11 Å². The Morgan fingerprint density at radius 1 is 1.09 bits per heavy atom. The van der Waals surface area contributed by atoms with Gasteiger partial charge in [-0.2, -0.15) is 0 Å². The van der Waals surface area contributed by atoms with E-state index in [1.54, 1.807) is 25.4 Å². The Bertz CT molecular complexity index is 943. The first-order chi connectivity index (χ1) is 11.2. The fraction of sp³-hybridized carbons (Fsp3) is 0.167. The molecule has 23 heavy (non-hydrogen) atoms. The standard InChI is InChI=1S/C18H16N4O/c1-11-8-15(12(2)17-10-20-7-6-14(11)17)16-9-13(23-3)4-5-18(16)21-22-19/h4-10H,1-3H3. The van der Waals surface area contributed by atoms with E-state index in [0.29, 0.717) is 5.69 Å². The van der Waals surface area contributed by atoms with Crippen LogP contribution >= 0.6 is 0 Å². The van der Waals surface area contributed by atoms with Crippen LogP contribution in [0.3, 0.4) is 0 Å². The van der Waals surface area contributed by atoms with Gasteiger partial charge in [-0.05, 0) is 71.3 Å². The summed E-state index contributed by atoms with van der Waals surface area (Å²) in [6.45, 7) is 4.12. The maximum Gasteiger partial charge on any atom is 0.119 e. The second-order valence-electron chi connectivity index (χ2n) is 5.36. The lowest BCUT2D eigenvalue weighted by molar-refractivity contribution is 0.415. The van der Waals surface area contributed by atoms with Crippen LogP contribution in [0.4, 0.5) is 5.69 Å². The van der Waals surface area contributed by atoms with E-state index in [2.05, 4.69) is 34.9 Å². The quantitative estimate of drug-likeness (QED) is 0.365. The molecule has 1 heterocycles. The maximum atomic E-state index is 8.83. The fourth-order valence-electron chi connectivity index (χ4n) is 2.86. The molecule has 0 spiro atoms. The van der Waals surface area contributed by atoms with E-state index in [0.717, 1.165) is 33.4 Å². The van der Waals surface area contributed by atoms with Crippen molar-refractivity contribution in [3.8, 4) is 16.9 Å². The van der Waals surface area contributed by atoms with Crippen molar-refractivity contribution in [3.05, 3.63) is 64.3 Å². The third-order valence-electron chi connectivity index (χ3n) is 4.06. The molecule has 5 nitrogen and oxygen atoms in total. The van der Waals surface area contributed by atoms with Gasteiger partial charge in [0.1, 0.15) is 5.75 Å². The molecule has 3 aromatic rings. The summed E-state index contributed by atoms with van der Waals surface area (Å²) in [7, 11) is 1.62. The number of fused-ring (bicyclic) bond motifs is 1. The summed E-state index contributed by atoms with van der Waals surface area (Å²) in [6.07, 6.45) is 3.67. The highest BCUT2D eigenvalue weighted by molar-refractivity contribution is 5.95. The SMILES string of the molecule is COc1ccc(N=[N+]=[N-])c(-c2cc(C)c3ccncc3c2C)c1. The number of nitrogens with zero attached hydrogens (tertiary/aromatic N) is 4.